The van der Waals surface area contributed by atoms with Crippen LogP contribution < -0.4 is 0 Å². The summed E-state index contributed by atoms with van der Waals surface area (Å²) in [5.74, 6) is 0. The van der Waals surface area contributed by atoms with E-state index in [1.807, 2.05) is 0 Å². The van der Waals surface area contributed by atoms with Crippen LogP contribution in [0.2, 0.25) is 0 Å². The summed E-state index contributed by atoms with van der Waals surface area (Å²) < 4.78 is 5.07. The first kappa shape index (κ1) is 11.3. The Morgan fingerprint density at radius 3 is 1.71 bits per heavy atom. The highest BCUT2D eigenvalue weighted by molar-refractivity contribution is 5.20. The Labute approximate surface area is 87.1 Å². The van der Waals surface area contributed by atoms with Crippen LogP contribution >= 0.6 is 0 Å². The van der Waals surface area contributed by atoms with Gasteiger partial charge in [0.1, 0.15) is 0 Å². The zero-order chi connectivity index (χ0) is 10.2. The molecular formula is C13H20O. The standard InChI is InChI=1S/C8H10.C5H10O/c1-7-4-3-5-8(2)6-7;1-2-4-6-5-3-1/h3-6H,1-2H3;1-5H2. The first-order valence-corrected chi connectivity index (χ1v) is 5.40. The van der Waals surface area contributed by atoms with Crippen LogP contribution in [0.4, 0.5) is 0 Å². The molecule has 1 saturated heterocycles. The van der Waals surface area contributed by atoms with Gasteiger partial charge in [0.05, 0.1) is 0 Å². The number of benzene rings is 1. The van der Waals surface area contributed by atoms with Crippen molar-refractivity contribution >= 4 is 0 Å². The van der Waals surface area contributed by atoms with Gasteiger partial charge in [-0.2, -0.15) is 0 Å². The monoisotopic (exact) mass is 192 g/mol. The Morgan fingerprint density at radius 2 is 1.50 bits per heavy atom. The zero-order valence-corrected chi connectivity index (χ0v) is 9.25. The number of aryl methyl sites for hydroxylation is 2. The smallest absolute Gasteiger partial charge is 0.0466 e. The van der Waals surface area contributed by atoms with Crippen molar-refractivity contribution in [3.63, 3.8) is 0 Å². The van der Waals surface area contributed by atoms with E-state index in [9.17, 15) is 0 Å². The van der Waals surface area contributed by atoms with Crippen molar-refractivity contribution in [1.29, 1.82) is 0 Å². The van der Waals surface area contributed by atoms with Gasteiger partial charge in [-0.3, -0.25) is 0 Å². The van der Waals surface area contributed by atoms with Gasteiger partial charge >= 0.3 is 0 Å². The first-order chi connectivity index (χ1) is 6.79. The molecule has 78 valence electrons. The largest absolute Gasteiger partial charge is 0.381 e. The molecule has 1 fully saturated rings. The quantitative estimate of drug-likeness (QED) is 0.611. The molecule has 0 aromatic heterocycles. The number of hydrogen-bond donors (Lipinski definition) is 0. The van der Waals surface area contributed by atoms with E-state index in [0.717, 1.165) is 13.2 Å². The normalized spacial score (nSPS) is 15.6. The minimum atomic E-state index is 1.00. The van der Waals surface area contributed by atoms with Crippen LogP contribution in [0.15, 0.2) is 24.3 Å². The van der Waals surface area contributed by atoms with E-state index in [1.165, 1.54) is 30.4 Å². The molecule has 0 unspecified atom stereocenters. The van der Waals surface area contributed by atoms with Gasteiger partial charge in [-0.1, -0.05) is 35.4 Å². The third-order valence-electron chi connectivity index (χ3n) is 2.25. The SMILES string of the molecule is C1CCOCC1.Cc1cccc(C)c1. The number of hydrogen-bond acceptors (Lipinski definition) is 1. The van der Waals surface area contributed by atoms with E-state index < -0.39 is 0 Å². The van der Waals surface area contributed by atoms with E-state index in [1.54, 1.807) is 0 Å². The van der Waals surface area contributed by atoms with Crippen molar-refractivity contribution in [2.45, 2.75) is 33.1 Å². The third kappa shape index (κ3) is 5.03. The lowest BCUT2D eigenvalue weighted by atomic mass is 10.2. The minimum absolute atomic E-state index is 1.00. The van der Waals surface area contributed by atoms with Crippen molar-refractivity contribution < 1.29 is 4.74 Å². The van der Waals surface area contributed by atoms with E-state index >= 15 is 0 Å². The van der Waals surface area contributed by atoms with E-state index in [4.69, 9.17) is 4.74 Å². The molecule has 1 aliphatic rings. The molecule has 0 aliphatic carbocycles. The fourth-order valence-corrected chi connectivity index (χ4v) is 1.49. The van der Waals surface area contributed by atoms with Crippen LogP contribution in [0, 0.1) is 13.8 Å². The lowest BCUT2D eigenvalue weighted by Gasteiger charge is -2.08. The fourth-order valence-electron chi connectivity index (χ4n) is 1.49. The lowest BCUT2D eigenvalue weighted by molar-refractivity contribution is 0.0968. The highest BCUT2D eigenvalue weighted by atomic mass is 16.5. The molecule has 1 heterocycles. The molecule has 2 rings (SSSR count). The lowest BCUT2D eigenvalue weighted by Crippen LogP contribution is -2.03. The zero-order valence-electron chi connectivity index (χ0n) is 9.25. The van der Waals surface area contributed by atoms with Crippen molar-refractivity contribution in [1.82, 2.24) is 0 Å². The third-order valence-corrected chi connectivity index (χ3v) is 2.25. The summed E-state index contributed by atoms with van der Waals surface area (Å²) in [7, 11) is 0. The molecule has 0 bridgehead atoms. The Bertz CT molecular complexity index is 222. The van der Waals surface area contributed by atoms with Crippen LogP contribution in [0.5, 0.6) is 0 Å². The van der Waals surface area contributed by atoms with Crippen LogP contribution in [0.25, 0.3) is 0 Å². The molecule has 14 heavy (non-hydrogen) atoms. The van der Waals surface area contributed by atoms with Gasteiger partial charge in [0, 0.05) is 13.2 Å². The second kappa shape index (κ2) is 6.61. The summed E-state index contributed by atoms with van der Waals surface area (Å²) in [5.41, 5.74) is 2.68. The Hall–Kier alpha value is -0.820. The van der Waals surface area contributed by atoms with Gasteiger partial charge in [0.25, 0.3) is 0 Å². The molecule has 0 N–H and O–H groups in total. The maximum Gasteiger partial charge on any atom is 0.0466 e. The average Bonchev–Trinajstić information content (AvgIpc) is 2.21. The van der Waals surface area contributed by atoms with Crippen molar-refractivity contribution in [3.05, 3.63) is 35.4 Å². The van der Waals surface area contributed by atoms with Gasteiger partial charge in [-0.05, 0) is 33.1 Å². The van der Waals surface area contributed by atoms with Gasteiger partial charge < -0.3 is 4.74 Å². The van der Waals surface area contributed by atoms with Gasteiger partial charge in [-0.25, -0.2) is 0 Å². The Kier molecular flexibility index (Phi) is 5.31. The molecule has 0 saturated carbocycles. The van der Waals surface area contributed by atoms with Crippen LogP contribution in [-0.2, 0) is 4.74 Å². The second-order valence-corrected chi connectivity index (χ2v) is 3.83. The van der Waals surface area contributed by atoms with E-state index in [2.05, 4.69) is 38.1 Å². The maximum absolute atomic E-state index is 5.07. The molecular weight excluding hydrogens is 172 g/mol. The molecule has 1 aliphatic heterocycles. The molecule has 0 spiro atoms. The second-order valence-electron chi connectivity index (χ2n) is 3.83. The predicted molar refractivity (Wildman–Crippen MR) is 60.6 cm³/mol. The summed E-state index contributed by atoms with van der Waals surface area (Å²) in [6.45, 7) is 6.21. The van der Waals surface area contributed by atoms with Crippen molar-refractivity contribution in [2.24, 2.45) is 0 Å². The maximum atomic E-state index is 5.07. The molecule has 0 radical (unpaired) electrons. The first-order valence-electron chi connectivity index (χ1n) is 5.40. The van der Waals surface area contributed by atoms with E-state index in [0.29, 0.717) is 0 Å². The molecule has 1 nitrogen and oxygen atoms in total. The summed E-state index contributed by atoms with van der Waals surface area (Å²) in [6, 6.07) is 8.45. The highest BCUT2D eigenvalue weighted by Gasteiger charge is 1.95. The molecule has 0 amide bonds. The number of ether oxygens (including phenoxy) is 1. The molecule has 1 heteroatoms. The summed E-state index contributed by atoms with van der Waals surface area (Å²) in [5, 5.41) is 0. The summed E-state index contributed by atoms with van der Waals surface area (Å²) in [4.78, 5) is 0. The van der Waals surface area contributed by atoms with Crippen LogP contribution in [0.1, 0.15) is 30.4 Å². The van der Waals surface area contributed by atoms with Gasteiger partial charge in [0.2, 0.25) is 0 Å². The highest BCUT2D eigenvalue weighted by Crippen LogP contribution is 2.02. The topological polar surface area (TPSA) is 9.23 Å². The number of rotatable bonds is 0. The Morgan fingerprint density at radius 1 is 0.929 bits per heavy atom. The van der Waals surface area contributed by atoms with Gasteiger partial charge in [-0.15, -0.1) is 0 Å². The van der Waals surface area contributed by atoms with Gasteiger partial charge in [0.15, 0.2) is 0 Å². The van der Waals surface area contributed by atoms with Crippen molar-refractivity contribution in [3.8, 4) is 0 Å². The Balaban J connectivity index is 0.000000146. The van der Waals surface area contributed by atoms with Crippen LogP contribution in [0.3, 0.4) is 0 Å². The van der Waals surface area contributed by atoms with E-state index in [-0.39, 0.29) is 0 Å². The summed E-state index contributed by atoms with van der Waals surface area (Å²) in [6.07, 6.45) is 3.93. The predicted octanol–water partition coefficient (Wildman–Crippen LogP) is 3.49. The van der Waals surface area contributed by atoms with Crippen LogP contribution in [-0.4, -0.2) is 13.2 Å². The molecule has 1 aromatic carbocycles. The minimum Gasteiger partial charge on any atom is -0.381 e. The summed E-state index contributed by atoms with van der Waals surface area (Å²) >= 11 is 0. The molecule has 0 atom stereocenters. The average molecular weight is 192 g/mol. The van der Waals surface area contributed by atoms with Crippen molar-refractivity contribution in [2.75, 3.05) is 13.2 Å². The fraction of sp³-hybridized carbons (Fsp3) is 0.538. The molecule has 1 aromatic rings.